The number of sulfonamides is 1. The molecule has 0 bridgehead atoms. The summed E-state index contributed by atoms with van der Waals surface area (Å²) in [6.45, 7) is 3.27. The van der Waals surface area contributed by atoms with E-state index < -0.39 is 10.0 Å². The molecule has 2 heterocycles. The van der Waals surface area contributed by atoms with Gasteiger partial charge in [0.15, 0.2) is 0 Å². The average molecular weight is 396 g/mol. The molecule has 2 aromatic rings. The van der Waals surface area contributed by atoms with Crippen molar-refractivity contribution in [3.63, 3.8) is 0 Å². The van der Waals surface area contributed by atoms with Gasteiger partial charge in [-0.3, -0.25) is 0 Å². The Bertz CT molecular complexity index is 838. The Balaban J connectivity index is 1.59. The predicted molar refractivity (Wildman–Crippen MR) is 101 cm³/mol. The summed E-state index contributed by atoms with van der Waals surface area (Å²) in [5.74, 6) is 0.219. The Hall–Kier alpha value is -1.67. The zero-order chi connectivity index (χ0) is 18.6. The van der Waals surface area contributed by atoms with Gasteiger partial charge >= 0.3 is 0 Å². The molecular weight excluding hydrogens is 374 g/mol. The largest absolute Gasteiger partial charge is 0.480 e. The van der Waals surface area contributed by atoms with Crippen molar-refractivity contribution in [2.24, 2.45) is 0 Å². The molecule has 0 N–H and O–H groups in total. The molecule has 1 aliphatic heterocycles. The number of piperazine rings is 1. The van der Waals surface area contributed by atoms with Gasteiger partial charge in [0.05, 0.1) is 13.3 Å². The summed E-state index contributed by atoms with van der Waals surface area (Å²) in [5, 5.41) is 0.190. The Morgan fingerprint density at radius 3 is 2.46 bits per heavy atom. The summed E-state index contributed by atoms with van der Waals surface area (Å²) in [7, 11) is -2.15. The maximum atomic E-state index is 12.8. The minimum Gasteiger partial charge on any atom is -0.480 e. The summed E-state index contributed by atoms with van der Waals surface area (Å²) in [6, 6.07) is 11.7. The number of hydrogen-bond acceptors (Lipinski definition) is 5. The first-order valence-electron chi connectivity index (χ1n) is 8.46. The fraction of sp³-hybridized carbons (Fsp3) is 0.389. The van der Waals surface area contributed by atoms with Crippen molar-refractivity contribution in [1.82, 2.24) is 14.2 Å². The number of methoxy groups -OCH3 is 1. The molecule has 0 amide bonds. The molecule has 0 radical (unpaired) electrons. The quantitative estimate of drug-likeness (QED) is 0.751. The third-order valence-electron chi connectivity index (χ3n) is 4.50. The van der Waals surface area contributed by atoms with Crippen molar-refractivity contribution in [2.75, 3.05) is 39.8 Å². The number of hydrogen-bond donors (Lipinski definition) is 0. The van der Waals surface area contributed by atoms with Crippen LogP contribution >= 0.6 is 11.6 Å². The molecule has 8 heteroatoms. The third-order valence-corrected chi connectivity index (χ3v) is 6.64. The fourth-order valence-electron chi connectivity index (χ4n) is 2.97. The number of pyridine rings is 1. The highest BCUT2D eigenvalue weighted by atomic mass is 35.5. The van der Waals surface area contributed by atoms with Crippen molar-refractivity contribution < 1.29 is 13.2 Å². The monoisotopic (exact) mass is 395 g/mol. The van der Waals surface area contributed by atoms with Crippen LogP contribution < -0.4 is 4.74 Å². The predicted octanol–water partition coefficient (Wildman–Crippen LogP) is 2.29. The lowest BCUT2D eigenvalue weighted by molar-refractivity contribution is 0.190. The third kappa shape index (κ3) is 4.35. The van der Waals surface area contributed by atoms with Gasteiger partial charge in [-0.15, -0.1) is 0 Å². The first-order chi connectivity index (χ1) is 12.5. The molecular formula is C18H22ClN3O3S. The second-order valence-corrected chi connectivity index (χ2v) is 8.49. The van der Waals surface area contributed by atoms with Crippen molar-refractivity contribution in [3.05, 3.63) is 53.2 Å². The van der Waals surface area contributed by atoms with Gasteiger partial charge in [-0.2, -0.15) is 4.31 Å². The second-order valence-electron chi connectivity index (χ2n) is 6.14. The molecule has 1 aliphatic rings. The Kier molecular flexibility index (Phi) is 6.13. The van der Waals surface area contributed by atoms with E-state index >= 15 is 0 Å². The lowest BCUT2D eigenvalue weighted by atomic mass is 10.1. The molecule has 0 spiro atoms. The second kappa shape index (κ2) is 8.35. The number of aromatic nitrogens is 1. The number of halogens is 1. The van der Waals surface area contributed by atoms with Crippen LogP contribution in [0.5, 0.6) is 5.88 Å². The maximum absolute atomic E-state index is 12.8. The Morgan fingerprint density at radius 2 is 1.85 bits per heavy atom. The normalized spacial score (nSPS) is 16.5. The molecule has 3 rings (SSSR count). The van der Waals surface area contributed by atoms with E-state index in [9.17, 15) is 8.42 Å². The van der Waals surface area contributed by atoms with Crippen LogP contribution in [0.2, 0.25) is 5.02 Å². The van der Waals surface area contributed by atoms with Crippen LogP contribution in [0.3, 0.4) is 0 Å². The van der Waals surface area contributed by atoms with Crippen LogP contribution in [0.4, 0.5) is 0 Å². The van der Waals surface area contributed by atoms with E-state index in [4.69, 9.17) is 16.3 Å². The lowest BCUT2D eigenvalue weighted by Gasteiger charge is -2.34. The summed E-state index contributed by atoms with van der Waals surface area (Å²) in [5.41, 5.74) is 1.29. The molecule has 1 aromatic heterocycles. The number of ether oxygens (including phenoxy) is 1. The van der Waals surface area contributed by atoms with Crippen molar-refractivity contribution >= 4 is 21.6 Å². The van der Waals surface area contributed by atoms with E-state index in [0.29, 0.717) is 26.2 Å². The highest BCUT2D eigenvalue weighted by Gasteiger charge is 2.29. The Labute approximate surface area is 159 Å². The van der Waals surface area contributed by atoms with Crippen LogP contribution in [0, 0.1) is 0 Å². The summed E-state index contributed by atoms with van der Waals surface area (Å²) in [4.78, 5) is 6.35. The van der Waals surface area contributed by atoms with Crippen LogP contribution in [-0.4, -0.2) is 62.4 Å². The standard InChI is InChI=1S/C18H22ClN3O3S/c1-25-18-17(19)13-16(14-20-18)26(23,24)22-11-9-21(10-12-22)8-7-15-5-3-2-4-6-15/h2-6,13-14H,7-12H2,1H3. The molecule has 0 aliphatic carbocycles. The van der Waals surface area contributed by atoms with Crippen molar-refractivity contribution in [3.8, 4) is 5.88 Å². The minimum absolute atomic E-state index is 0.0982. The molecule has 26 heavy (non-hydrogen) atoms. The first kappa shape index (κ1) is 19.1. The molecule has 1 fully saturated rings. The number of benzene rings is 1. The summed E-state index contributed by atoms with van der Waals surface area (Å²) >= 11 is 6.02. The van der Waals surface area contributed by atoms with E-state index in [0.717, 1.165) is 13.0 Å². The van der Waals surface area contributed by atoms with Gasteiger partial charge in [-0.25, -0.2) is 13.4 Å². The van der Waals surface area contributed by atoms with Crippen molar-refractivity contribution in [1.29, 1.82) is 0 Å². The van der Waals surface area contributed by atoms with E-state index in [-0.39, 0.29) is 15.8 Å². The summed E-state index contributed by atoms with van der Waals surface area (Å²) in [6.07, 6.45) is 2.26. The van der Waals surface area contributed by atoms with Crippen LogP contribution in [-0.2, 0) is 16.4 Å². The lowest BCUT2D eigenvalue weighted by Crippen LogP contribution is -2.49. The van der Waals surface area contributed by atoms with Gasteiger partial charge in [-0.05, 0) is 18.1 Å². The Morgan fingerprint density at radius 1 is 1.15 bits per heavy atom. The summed E-state index contributed by atoms with van der Waals surface area (Å²) < 4.78 is 32.1. The fourth-order valence-corrected chi connectivity index (χ4v) is 4.68. The highest BCUT2D eigenvalue weighted by Crippen LogP contribution is 2.26. The smallest absolute Gasteiger partial charge is 0.244 e. The molecule has 6 nitrogen and oxygen atoms in total. The molecule has 140 valence electrons. The number of rotatable bonds is 6. The van der Waals surface area contributed by atoms with Gasteiger partial charge in [0.1, 0.15) is 9.92 Å². The van der Waals surface area contributed by atoms with Crippen LogP contribution in [0.15, 0.2) is 47.5 Å². The SMILES string of the molecule is COc1ncc(S(=O)(=O)N2CCN(CCc3ccccc3)CC2)cc1Cl. The van der Waals surface area contributed by atoms with Gasteiger partial charge in [-0.1, -0.05) is 41.9 Å². The first-order valence-corrected chi connectivity index (χ1v) is 10.3. The van der Waals surface area contributed by atoms with Gasteiger partial charge in [0, 0.05) is 32.7 Å². The molecule has 1 aromatic carbocycles. The van der Waals surface area contributed by atoms with E-state index in [1.165, 1.54) is 29.2 Å². The molecule has 0 atom stereocenters. The van der Waals surface area contributed by atoms with Crippen molar-refractivity contribution in [2.45, 2.75) is 11.3 Å². The van der Waals surface area contributed by atoms with E-state index in [1.807, 2.05) is 18.2 Å². The maximum Gasteiger partial charge on any atom is 0.244 e. The van der Waals surface area contributed by atoms with Gasteiger partial charge in [0.2, 0.25) is 15.9 Å². The van der Waals surface area contributed by atoms with E-state index in [2.05, 4.69) is 22.0 Å². The van der Waals surface area contributed by atoms with Crippen LogP contribution in [0.1, 0.15) is 5.56 Å². The van der Waals surface area contributed by atoms with Crippen LogP contribution in [0.25, 0.3) is 0 Å². The average Bonchev–Trinajstić information content (AvgIpc) is 2.67. The molecule has 1 saturated heterocycles. The topological polar surface area (TPSA) is 62.7 Å². The van der Waals surface area contributed by atoms with Gasteiger partial charge < -0.3 is 9.64 Å². The van der Waals surface area contributed by atoms with Gasteiger partial charge in [0.25, 0.3) is 0 Å². The zero-order valence-electron chi connectivity index (χ0n) is 14.6. The minimum atomic E-state index is -3.60. The van der Waals surface area contributed by atoms with E-state index in [1.54, 1.807) is 0 Å². The molecule has 0 saturated carbocycles. The number of nitrogens with zero attached hydrogens (tertiary/aromatic N) is 3. The zero-order valence-corrected chi connectivity index (χ0v) is 16.2. The highest BCUT2D eigenvalue weighted by molar-refractivity contribution is 7.89. The molecule has 0 unspecified atom stereocenters.